The number of alkyl halides is 3. The third-order valence-electron chi connectivity index (χ3n) is 3.85. The van der Waals surface area contributed by atoms with Crippen LogP contribution in [0.4, 0.5) is 13.2 Å². The summed E-state index contributed by atoms with van der Waals surface area (Å²) in [6.07, 6.45) is -1.00. The van der Waals surface area contributed by atoms with Crippen molar-refractivity contribution >= 4 is 0 Å². The van der Waals surface area contributed by atoms with Crippen LogP contribution in [0.15, 0.2) is 0 Å². The van der Waals surface area contributed by atoms with Crippen LogP contribution in [-0.4, -0.2) is 55.6 Å². The molecule has 106 valence electrons. The van der Waals surface area contributed by atoms with E-state index in [-0.39, 0.29) is 13.2 Å². The number of hydrogen-bond acceptors (Lipinski definition) is 3. The second kappa shape index (κ2) is 5.35. The van der Waals surface area contributed by atoms with E-state index >= 15 is 0 Å². The van der Waals surface area contributed by atoms with Crippen LogP contribution in [-0.2, 0) is 4.74 Å². The molecule has 3 nitrogen and oxygen atoms in total. The van der Waals surface area contributed by atoms with Crippen LogP contribution >= 0.6 is 0 Å². The number of nitrogens with zero attached hydrogens (tertiary/aromatic N) is 1. The van der Waals surface area contributed by atoms with Gasteiger partial charge in [0.05, 0.1) is 31.8 Å². The van der Waals surface area contributed by atoms with Crippen molar-refractivity contribution in [2.75, 3.05) is 39.5 Å². The van der Waals surface area contributed by atoms with Crippen LogP contribution < -0.4 is 0 Å². The van der Waals surface area contributed by atoms with Crippen LogP contribution in [0.5, 0.6) is 0 Å². The smallest absolute Gasteiger partial charge is 0.396 e. The number of aliphatic hydroxyl groups excluding tert-OH is 1. The SMILES string of the molecule is OCC1(CN(CC2CCC2)CC(F)(F)F)COC1. The standard InChI is InChI=1S/C12H20F3NO2/c13-12(14,15)6-16(4-10-2-1-3-10)5-11(7-17)8-18-9-11/h10,17H,1-9H2. The zero-order valence-electron chi connectivity index (χ0n) is 10.4. The lowest BCUT2D eigenvalue weighted by Crippen LogP contribution is -2.55. The minimum atomic E-state index is -4.18. The van der Waals surface area contributed by atoms with Crippen molar-refractivity contribution in [3.63, 3.8) is 0 Å². The van der Waals surface area contributed by atoms with Gasteiger partial charge in [-0.15, -0.1) is 0 Å². The van der Waals surface area contributed by atoms with Gasteiger partial charge in [0, 0.05) is 13.1 Å². The van der Waals surface area contributed by atoms with Crippen LogP contribution in [0.1, 0.15) is 19.3 Å². The summed E-state index contributed by atoms with van der Waals surface area (Å²) in [5.74, 6) is 0.393. The highest BCUT2D eigenvalue weighted by Crippen LogP contribution is 2.32. The normalized spacial score (nSPS) is 23.8. The summed E-state index contributed by atoms with van der Waals surface area (Å²) < 4.78 is 42.7. The van der Waals surface area contributed by atoms with E-state index in [2.05, 4.69) is 0 Å². The van der Waals surface area contributed by atoms with E-state index in [1.807, 2.05) is 0 Å². The molecule has 1 aliphatic carbocycles. The summed E-state index contributed by atoms with van der Waals surface area (Å²) in [6, 6.07) is 0. The molecule has 1 saturated carbocycles. The van der Waals surface area contributed by atoms with E-state index in [1.54, 1.807) is 0 Å². The van der Waals surface area contributed by atoms with Crippen molar-refractivity contribution in [3.8, 4) is 0 Å². The van der Waals surface area contributed by atoms with E-state index in [0.717, 1.165) is 19.3 Å². The van der Waals surface area contributed by atoms with Crippen LogP contribution in [0.25, 0.3) is 0 Å². The van der Waals surface area contributed by atoms with Crippen LogP contribution in [0.3, 0.4) is 0 Å². The molecule has 0 atom stereocenters. The van der Waals surface area contributed by atoms with E-state index in [4.69, 9.17) is 4.74 Å². The van der Waals surface area contributed by atoms with Gasteiger partial charge in [-0.1, -0.05) is 6.42 Å². The Morgan fingerprint density at radius 2 is 1.94 bits per heavy atom. The molecule has 0 unspecified atom stereocenters. The average molecular weight is 267 g/mol. The Kier molecular flexibility index (Phi) is 4.18. The molecule has 2 aliphatic rings. The lowest BCUT2D eigenvalue weighted by molar-refractivity contribution is -0.179. The predicted octanol–water partition coefficient (Wildman–Crippen LogP) is 1.66. The molecule has 0 amide bonds. The quantitative estimate of drug-likeness (QED) is 0.794. The maximum atomic E-state index is 12.5. The summed E-state index contributed by atoms with van der Waals surface area (Å²) in [7, 11) is 0. The topological polar surface area (TPSA) is 32.7 Å². The number of ether oxygens (including phenoxy) is 1. The van der Waals surface area contributed by atoms with Gasteiger partial charge in [-0.3, -0.25) is 4.90 Å². The Labute approximate surface area is 105 Å². The zero-order valence-corrected chi connectivity index (χ0v) is 10.4. The molecule has 2 rings (SSSR count). The fraction of sp³-hybridized carbons (Fsp3) is 1.00. The van der Waals surface area contributed by atoms with E-state index in [0.29, 0.717) is 25.7 Å². The highest BCUT2D eigenvalue weighted by atomic mass is 19.4. The maximum Gasteiger partial charge on any atom is 0.401 e. The molecule has 0 spiro atoms. The highest BCUT2D eigenvalue weighted by Gasteiger charge is 2.42. The maximum absolute atomic E-state index is 12.5. The van der Waals surface area contributed by atoms with Crippen molar-refractivity contribution < 1.29 is 23.0 Å². The number of halogens is 3. The molecule has 1 N–H and O–H groups in total. The zero-order chi connectivity index (χ0) is 13.2. The summed E-state index contributed by atoms with van der Waals surface area (Å²) in [6.45, 7) is 0.503. The highest BCUT2D eigenvalue weighted by molar-refractivity contribution is 4.89. The second-order valence-electron chi connectivity index (χ2n) is 5.73. The van der Waals surface area contributed by atoms with Gasteiger partial charge in [-0.2, -0.15) is 13.2 Å². The Morgan fingerprint density at radius 1 is 1.28 bits per heavy atom. The molecule has 0 aromatic rings. The Hall–Kier alpha value is -0.330. The molecular formula is C12H20F3NO2. The average Bonchev–Trinajstić information content (AvgIpc) is 2.14. The van der Waals surface area contributed by atoms with Crippen molar-refractivity contribution in [2.24, 2.45) is 11.3 Å². The molecule has 1 aliphatic heterocycles. The summed E-state index contributed by atoms with van der Waals surface area (Å²) >= 11 is 0. The monoisotopic (exact) mass is 267 g/mol. The van der Waals surface area contributed by atoms with Gasteiger partial charge in [-0.25, -0.2) is 0 Å². The molecular weight excluding hydrogens is 247 g/mol. The van der Waals surface area contributed by atoms with Gasteiger partial charge < -0.3 is 9.84 Å². The van der Waals surface area contributed by atoms with Gasteiger partial charge in [0.25, 0.3) is 0 Å². The third-order valence-corrected chi connectivity index (χ3v) is 3.85. The second-order valence-corrected chi connectivity index (χ2v) is 5.73. The van der Waals surface area contributed by atoms with Crippen LogP contribution in [0.2, 0.25) is 0 Å². The molecule has 0 aromatic carbocycles. The summed E-state index contributed by atoms with van der Waals surface area (Å²) in [5.41, 5.74) is -0.477. The summed E-state index contributed by atoms with van der Waals surface area (Å²) in [4.78, 5) is 1.45. The Balaban J connectivity index is 1.90. The lowest BCUT2D eigenvalue weighted by Gasteiger charge is -2.44. The Bertz CT molecular complexity index is 269. The van der Waals surface area contributed by atoms with Crippen molar-refractivity contribution in [1.82, 2.24) is 4.90 Å². The first-order valence-electron chi connectivity index (χ1n) is 6.40. The minimum absolute atomic E-state index is 0.105. The predicted molar refractivity (Wildman–Crippen MR) is 60.2 cm³/mol. The van der Waals surface area contributed by atoms with E-state index in [1.165, 1.54) is 4.90 Å². The molecule has 0 bridgehead atoms. The number of rotatable bonds is 6. The molecule has 6 heteroatoms. The molecule has 0 radical (unpaired) electrons. The fourth-order valence-corrected chi connectivity index (χ4v) is 2.58. The first-order chi connectivity index (χ1) is 8.42. The van der Waals surface area contributed by atoms with Gasteiger partial charge in [-0.05, 0) is 18.8 Å². The third kappa shape index (κ3) is 3.59. The molecule has 2 fully saturated rings. The van der Waals surface area contributed by atoms with Gasteiger partial charge in [0.15, 0.2) is 0 Å². The van der Waals surface area contributed by atoms with Crippen LogP contribution in [0, 0.1) is 11.3 Å². The minimum Gasteiger partial charge on any atom is -0.396 e. The van der Waals surface area contributed by atoms with Gasteiger partial charge >= 0.3 is 6.18 Å². The molecule has 0 aromatic heterocycles. The first kappa shape index (κ1) is 14.1. The Morgan fingerprint density at radius 3 is 2.28 bits per heavy atom. The first-order valence-corrected chi connectivity index (χ1v) is 6.40. The lowest BCUT2D eigenvalue weighted by atomic mass is 9.83. The van der Waals surface area contributed by atoms with Crippen molar-refractivity contribution in [2.45, 2.75) is 25.4 Å². The summed E-state index contributed by atoms with van der Waals surface area (Å²) in [5, 5.41) is 9.30. The molecule has 18 heavy (non-hydrogen) atoms. The number of hydrogen-bond donors (Lipinski definition) is 1. The van der Waals surface area contributed by atoms with Crippen molar-refractivity contribution in [3.05, 3.63) is 0 Å². The molecule has 1 heterocycles. The van der Waals surface area contributed by atoms with E-state index < -0.39 is 18.1 Å². The van der Waals surface area contributed by atoms with Gasteiger partial charge in [0.1, 0.15) is 0 Å². The van der Waals surface area contributed by atoms with E-state index in [9.17, 15) is 18.3 Å². The van der Waals surface area contributed by atoms with Crippen molar-refractivity contribution in [1.29, 1.82) is 0 Å². The number of aliphatic hydroxyl groups is 1. The molecule has 1 saturated heterocycles. The fourth-order valence-electron chi connectivity index (χ4n) is 2.58. The largest absolute Gasteiger partial charge is 0.401 e. The van der Waals surface area contributed by atoms with Gasteiger partial charge in [0.2, 0.25) is 0 Å².